The van der Waals surface area contributed by atoms with Gasteiger partial charge >= 0.3 is 0 Å². The van der Waals surface area contributed by atoms with Crippen LogP contribution in [0.15, 0.2) is 18.2 Å². The van der Waals surface area contributed by atoms with Gasteiger partial charge in [-0.3, -0.25) is 0 Å². The molecule has 0 aliphatic carbocycles. The molecule has 1 unspecified atom stereocenters. The van der Waals surface area contributed by atoms with Gasteiger partial charge in [0.05, 0.1) is 18.2 Å². The second-order valence-electron chi connectivity index (χ2n) is 4.80. The normalized spacial score (nSPS) is 18.5. The van der Waals surface area contributed by atoms with Crippen molar-refractivity contribution in [3.05, 3.63) is 29.3 Å². The molecule has 0 saturated carbocycles. The van der Waals surface area contributed by atoms with Crippen LogP contribution in [-0.2, 0) is 15.9 Å². The molecule has 20 heavy (non-hydrogen) atoms. The molecule has 1 atom stereocenters. The molecule has 1 saturated heterocycles. The zero-order valence-corrected chi connectivity index (χ0v) is 11.9. The highest BCUT2D eigenvalue weighted by molar-refractivity contribution is 5.42. The molecule has 1 aromatic rings. The van der Waals surface area contributed by atoms with E-state index in [1.165, 1.54) is 6.42 Å². The number of benzene rings is 1. The minimum absolute atomic E-state index is 0.0704. The lowest BCUT2D eigenvalue weighted by atomic mass is 10.1. The van der Waals surface area contributed by atoms with E-state index in [1.807, 2.05) is 12.1 Å². The molecule has 4 nitrogen and oxygen atoms in total. The number of rotatable bonds is 6. The number of ether oxygens (including phenoxy) is 3. The van der Waals surface area contributed by atoms with Crippen LogP contribution >= 0.6 is 0 Å². The summed E-state index contributed by atoms with van der Waals surface area (Å²) in [5.41, 5.74) is 1.72. The van der Waals surface area contributed by atoms with Crippen molar-refractivity contribution in [1.29, 1.82) is 5.26 Å². The molecule has 1 aliphatic heterocycles. The lowest BCUT2D eigenvalue weighted by molar-refractivity contribution is -0.165. The summed E-state index contributed by atoms with van der Waals surface area (Å²) in [6, 6.07) is 7.65. The summed E-state index contributed by atoms with van der Waals surface area (Å²) in [5, 5.41) is 8.88. The van der Waals surface area contributed by atoms with Crippen LogP contribution in [-0.4, -0.2) is 26.1 Å². The van der Waals surface area contributed by atoms with E-state index in [0.29, 0.717) is 18.8 Å². The summed E-state index contributed by atoms with van der Waals surface area (Å²) in [4.78, 5) is 0. The first kappa shape index (κ1) is 14.8. The third kappa shape index (κ3) is 4.22. The fourth-order valence-electron chi connectivity index (χ4n) is 2.24. The molecule has 108 valence electrons. The predicted octanol–water partition coefficient (Wildman–Crippen LogP) is 3.04. The average molecular weight is 275 g/mol. The van der Waals surface area contributed by atoms with E-state index < -0.39 is 0 Å². The van der Waals surface area contributed by atoms with Gasteiger partial charge in [-0.2, -0.15) is 5.26 Å². The first-order chi connectivity index (χ1) is 9.83. The molecule has 1 aromatic carbocycles. The zero-order valence-electron chi connectivity index (χ0n) is 11.9. The van der Waals surface area contributed by atoms with Crippen LogP contribution in [0, 0.1) is 11.3 Å². The Morgan fingerprint density at radius 1 is 1.35 bits per heavy atom. The summed E-state index contributed by atoms with van der Waals surface area (Å²) in [5.74, 6) is 0.833. The summed E-state index contributed by atoms with van der Waals surface area (Å²) in [7, 11) is 0. The Labute approximate surface area is 120 Å². The molecular formula is C16H21NO3. The van der Waals surface area contributed by atoms with Crippen molar-refractivity contribution in [3.63, 3.8) is 0 Å². The van der Waals surface area contributed by atoms with Gasteiger partial charge in [-0.25, -0.2) is 0 Å². The Morgan fingerprint density at radius 2 is 2.25 bits per heavy atom. The van der Waals surface area contributed by atoms with Crippen molar-refractivity contribution in [2.45, 2.75) is 38.9 Å². The highest BCUT2D eigenvalue weighted by atomic mass is 16.7. The largest absolute Gasteiger partial charge is 0.491 e. The number of nitriles is 1. The van der Waals surface area contributed by atoms with Gasteiger partial charge in [-0.15, -0.1) is 0 Å². The number of nitrogens with zero attached hydrogens (tertiary/aromatic N) is 1. The average Bonchev–Trinajstić information content (AvgIpc) is 2.52. The maximum absolute atomic E-state index is 8.88. The van der Waals surface area contributed by atoms with Crippen molar-refractivity contribution >= 4 is 0 Å². The van der Waals surface area contributed by atoms with E-state index in [0.717, 1.165) is 37.2 Å². The van der Waals surface area contributed by atoms with E-state index >= 15 is 0 Å². The number of aryl methyl sites for hydroxylation is 1. The topological polar surface area (TPSA) is 51.5 Å². The standard InChI is InChI=1S/C16H21NO3/c1-2-14-11-13(12-17)6-7-15(14)18-9-10-20-16-5-3-4-8-19-16/h6-7,11,16H,2-5,8-10H2,1H3. The predicted molar refractivity (Wildman–Crippen MR) is 75.6 cm³/mol. The summed E-state index contributed by atoms with van der Waals surface area (Å²) < 4.78 is 16.8. The molecule has 4 heteroatoms. The Bertz CT molecular complexity index is 461. The summed E-state index contributed by atoms with van der Waals surface area (Å²) in [6.07, 6.45) is 4.04. The minimum atomic E-state index is -0.0704. The molecule has 2 rings (SSSR count). The molecule has 0 amide bonds. The van der Waals surface area contributed by atoms with Gasteiger partial charge in [0.1, 0.15) is 12.4 Å². The lowest BCUT2D eigenvalue weighted by Crippen LogP contribution is -2.24. The van der Waals surface area contributed by atoms with E-state index in [9.17, 15) is 0 Å². The van der Waals surface area contributed by atoms with Crippen molar-refractivity contribution in [2.24, 2.45) is 0 Å². The molecule has 0 bridgehead atoms. The Kier molecular flexibility index (Phi) is 5.85. The molecular weight excluding hydrogens is 254 g/mol. The third-order valence-electron chi connectivity index (χ3n) is 3.35. The van der Waals surface area contributed by atoms with Crippen LogP contribution in [0.5, 0.6) is 5.75 Å². The van der Waals surface area contributed by atoms with E-state index in [4.69, 9.17) is 19.5 Å². The third-order valence-corrected chi connectivity index (χ3v) is 3.35. The summed E-state index contributed by atoms with van der Waals surface area (Å²) >= 11 is 0. The fourth-order valence-corrected chi connectivity index (χ4v) is 2.24. The van der Waals surface area contributed by atoms with Crippen molar-refractivity contribution < 1.29 is 14.2 Å². The van der Waals surface area contributed by atoms with Crippen LogP contribution in [0.4, 0.5) is 0 Å². The Morgan fingerprint density at radius 3 is 2.95 bits per heavy atom. The van der Waals surface area contributed by atoms with Crippen molar-refractivity contribution in [2.75, 3.05) is 19.8 Å². The zero-order chi connectivity index (χ0) is 14.2. The van der Waals surface area contributed by atoms with E-state index in [2.05, 4.69) is 13.0 Å². The quantitative estimate of drug-likeness (QED) is 0.749. The SMILES string of the molecule is CCc1cc(C#N)ccc1OCCOC1CCCCO1. The first-order valence-electron chi connectivity index (χ1n) is 7.22. The molecule has 1 aliphatic rings. The molecule has 0 N–H and O–H groups in total. The van der Waals surface area contributed by atoms with Crippen LogP contribution in [0.2, 0.25) is 0 Å². The molecule has 1 heterocycles. The highest BCUT2D eigenvalue weighted by Crippen LogP contribution is 2.20. The number of hydrogen-bond acceptors (Lipinski definition) is 4. The Balaban J connectivity index is 1.77. The maximum atomic E-state index is 8.88. The number of hydrogen-bond donors (Lipinski definition) is 0. The minimum Gasteiger partial charge on any atom is -0.491 e. The van der Waals surface area contributed by atoms with Crippen LogP contribution in [0.3, 0.4) is 0 Å². The Hall–Kier alpha value is -1.57. The van der Waals surface area contributed by atoms with Gasteiger partial charge in [-0.05, 0) is 49.4 Å². The van der Waals surface area contributed by atoms with E-state index in [1.54, 1.807) is 6.07 Å². The summed E-state index contributed by atoms with van der Waals surface area (Å²) in [6.45, 7) is 3.86. The van der Waals surface area contributed by atoms with Gasteiger partial charge in [0.15, 0.2) is 6.29 Å². The molecule has 1 fully saturated rings. The highest BCUT2D eigenvalue weighted by Gasteiger charge is 2.13. The fraction of sp³-hybridized carbons (Fsp3) is 0.562. The molecule has 0 radical (unpaired) electrons. The van der Waals surface area contributed by atoms with Gasteiger partial charge in [0, 0.05) is 6.61 Å². The monoisotopic (exact) mass is 275 g/mol. The second kappa shape index (κ2) is 7.88. The molecule has 0 aromatic heterocycles. The van der Waals surface area contributed by atoms with Crippen LogP contribution in [0.1, 0.15) is 37.3 Å². The van der Waals surface area contributed by atoms with Crippen molar-refractivity contribution in [3.8, 4) is 11.8 Å². The second-order valence-corrected chi connectivity index (χ2v) is 4.80. The van der Waals surface area contributed by atoms with Crippen LogP contribution < -0.4 is 4.74 Å². The smallest absolute Gasteiger partial charge is 0.157 e. The van der Waals surface area contributed by atoms with Crippen molar-refractivity contribution in [1.82, 2.24) is 0 Å². The maximum Gasteiger partial charge on any atom is 0.157 e. The van der Waals surface area contributed by atoms with Gasteiger partial charge < -0.3 is 14.2 Å². The first-order valence-corrected chi connectivity index (χ1v) is 7.22. The lowest BCUT2D eigenvalue weighted by Gasteiger charge is -2.22. The van der Waals surface area contributed by atoms with Gasteiger partial charge in [0.25, 0.3) is 0 Å². The van der Waals surface area contributed by atoms with Crippen LogP contribution in [0.25, 0.3) is 0 Å². The van der Waals surface area contributed by atoms with E-state index in [-0.39, 0.29) is 6.29 Å². The molecule has 0 spiro atoms. The van der Waals surface area contributed by atoms with Gasteiger partial charge in [0.2, 0.25) is 0 Å². The van der Waals surface area contributed by atoms with Gasteiger partial charge in [-0.1, -0.05) is 6.92 Å².